The standard InChI is InChI=1S/C24H33O2P/c1-15(2)14-26-20-9-10-21(16(3)13-20)27-23(25)22-17(4)11-19(12-18(22)5)24(6,7)8/h9-13,15,27H,14H2,1-8H3. The van der Waals surface area contributed by atoms with Crippen molar-refractivity contribution in [2.75, 3.05) is 6.61 Å². The normalized spacial score (nSPS) is 12.2. The monoisotopic (exact) mass is 384 g/mol. The van der Waals surface area contributed by atoms with Crippen molar-refractivity contribution >= 4 is 19.4 Å². The van der Waals surface area contributed by atoms with E-state index in [2.05, 4.69) is 67.5 Å². The van der Waals surface area contributed by atoms with Gasteiger partial charge in [-0.3, -0.25) is 4.79 Å². The van der Waals surface area contributed by atoms with E-state index in [4.69, 9.17) is 4.74 Å². The third-order valence-electron chi connectivity index (χ3n) is 4.66. The molecule has 1 unspecified atom stereocenters. The van der Waals surface area contributed by atoms with Crippen LogP contribution in [0.2, 0.25) is 0 Å². The molecule has 0 aliphatic heterocycles. The van der Waals surface area contributed by atoms with Crippen molar-refractivity contribution in [2.24, 2.45) is 5.92 Å². The van der Waals surface area contributed by atoms with Crippen LogP contribution in [0, 0.1) is 26.7 Å². The molecule has 2 aromatic carbocycles. The molecule has 0 aliphatic rings. The van der Waals surface area contributed by atoms with Crippen LogP contribution in [0.25, 0.3) is 0 Å². The maximum absolute atomic E-state index is 13.0. The predicted molar refractivity (Wildman–Crippen MR) is 118 cm³/mol. The molecule has 0 N–H and O–H groups in total. The average molecular weight is 385 g/mol. The minimum Gasteiger partial charge on any atom is -0.493 e. The molecular formula is C24H33O2P. The second-order valence-corrected chi connectivity index (χ2v) is 10.1. The Labute approximate surface area is 166 Å². The van der Waals surface area contributed by atoms with E-state index in [9.17, 15) is 4.79 Å². The van der Waals surface area contributed by atoms with Crippen molar-refractivity contribution in [1.29, 1.82) is 0 Å². The second-order valence-electron chi connectivity index (χ2n) is 8.87. The first kappa shape index (κ1) is 21.6. The van der Waals surface area contributed by atoms with Crippen LogP contribution >= 0.6 is 8.58 Å². The third kappa shape index (κ3) is 5.66. The molecule has 0 bridgehead atoms. The highest BCUT2D eigenvalue weighted by Gasteiger charge is 2.20. The van der Waals surface area contributed by atoms with Crippen molar-refractivity contribution in [3.63, 3.8) is 0 Å². The molecule has 0 radical (unpaired) electrons. The van der Waals surface area contributed by atoms with E-state index in [-0.39, 0.29) is 19.5 Å². The number of hydrogen-bond acceptors (Lipinski definition) is 2. The summed E-state index contributed by atoms with van der Waals surface area (Å²) in [6.07, 6.45) is 0. The highest BCUT2D eigenvalue weighted by Crippen LogP contribution is 2.31. The van der Waals surface area contributed by atoms with Crippen LogP contribution in [0.3, 0.4) is 0 Å². The summed E-state index contributed by atoms with van der Waals surface area (Å²) in [4.78, 5) is 13.0. The molecule has 0 amide bonds. The Balaban J connectivity index is 2.22. The van der Waals surface area contributed by atoms with Gasteiger partial charge in [0.2, 0.25) is 0 Å². The lowest BCUT2D eigenvalue weighted by Gasteiger charge is -2.22. The molecule has 27 heavy (non-hydrogen) atoms. The molecule has 2 nitrogen and oxygen atoms in total. The second kappa shape index (κ2) is 8.57. The Morgan fingerprint density at radius 3 is 2.07 bits per heavy atom. The van der Waals surface area contributed by atoms with Crippen LogP contribution in [-0.2, 0) is 5.41 Å². The van der Waals surface area contributed by atoms with Gasteiger partial charge in [-0.2, -0.15) is 0 Å². The van der Waals surface area contributed by atoms with E-state index < -0.39 is 0 Å². The lowest BCUT2D eigenvalue weighted by Crippen LogP contribution is -2.14. The van der Waals surface area contributed by atoms with Crippen LogP contribution in [0.1, 0.15) is 67.2 Å². The van der Waals surface area contributed by atoms with Crippen molar-refractivity contribution in [2.45, 2.75) is 60.8 Å². The largest absolute Gasteiger partial charge is 0.493 e. The number of carbonyl (C=O) groups excluding carboxylic acids is 1. The quantitative estimate of drug-likeness (QED) is 0.564. The molecule has 0 aromatic heterocycles. The number of benzene rings is 2. The minimum atomic E-state index is 0.0851. The van der Waals surface area contributed by atoms with Crippen molar-refractivity contribution in [3.8, 4) is 5.75 Å². The summed E-state index contributed by atoms with van der Waals surface area (Å²) in [5, 5.41) is 1.09. The van der Waals surface area contributed by atoms with E-state index in [1.54, 1.807) is 0 Å². The van der Waals surface area contributed by atoms with Gasteiger partial charge in [-0.1, -0.05) is 52.8 Å². The Hall–Kier alpha value is -1.66. The number of rotatable bonds is 6. The fourth-order valence-corrected chi connectivity index (χ4v) is 4.27. The molecule has 0 aliphatic carbocycles. The summed E-state index contributed by atoms with van der Waals surface area (Å²) in [7, 11) is 0.130. The van der Waals surface area contributed by atoms with Crippen molar-refractivity contribution in [3.05, 3.63) is 58.1 Å². The van der Waals surface area contributed by atoms with E-state index in [1.165, 1.54) is 5.56 Å². The Morgan fingerprint density at radius 2 is 1.59 bits per heavy atom. The van der Waals surface area contributed by atoms with Crippen LogP contribution in [-0.4, -0.2) is 12.1 Å². The van der Waals surface area contributed by atoms with E-state index in [0.717, 1.165) is 33.3 Å². The van der Waals surface area contributed by atoms with Crippen LogP contribution in [0.5, 0.6) is 5.75 Å². The Bertz CT molecular complexity index is 806. The van der Waals surface area contributed by atoms with Gasteiger partial charge in [0.15, 0.2) is 5.52 Å². The lowest BCUT2D eigenvalue weighted by molar-refractivity contribution is 0.108. The van der Waals surface area contributed by atoms with Gasteiger partial charge in [-0.25, -0.2) is 0 Å². The zero-order valence-corrected chi connectivity index (χ0v) is 19.0. The van der Waals surface area contributed by atoms with Gasteiger partial charge in [0, 0.05) is 5.56 Å². The first-order valence-corrected chi connectivity index (χ1v) is 10.7. The number of carbonyl (C=O) groups is 1. The van der Waals surface area contributed by atoms with Crippen molar-refractivity contribution < 1.29 is 9.53 Å². The van der Waals surface area contributed by atoms with Gasteiger partial charge >= 0.3 is 0 Å². The number of aryl methyl sites for hydroxylation is 3. The van der Waals surface area contributed by atoms with Crippen molar-refractivity contribution in [1.82, 2.24) is 0 Å². The fourth-order valence-electron chi connectivity index (χ4n) is 3.07. The van der Waals surface area contributed by atoms with Crippen LogP contribution < -0.4 is 10.0 Å². The van der Waals surface area contributed by atoms with Crippen LogP contribution in [0.4, 0.5) is 0 Å². The van der Waals surface area contributed by atoms with Gasteiger partial charge in [-0.15, -0.1) is 0 Å². The van der Waals surface area contributed by atoms with Gasteiger partial charge in [0.1, 0.15) is 5.75 Å². The third-order valence-corrected chi connectivity index (χ3v) is 5.96. The first-order valence-electron chi connectivity index (χ1n) is 9.65. The topological polar surface area (TPSA) is 26.3 Å². The molecular weight excluding hydrogens is 351 g/mol. The maximum atomic E-state index is 13.0. The molecule has 0 heterocycles. The SMILES string of the molecule is Cc1cc(OCC(C)C)ccc1PC(=O)c1c(C)cc(C(C)(C)C)cc1C. The van der Waals surface area contributed by atoms with E-state index in [0.29, 0.717) is 12.5 Å². The summed E-state index contributed by atoms with van der Waals surface area (Å²) in [6, 6.07) is 10.4. The molecule has 2 rings (SSSR count). The molecule has 1 atom stereocenters. The van der Waals surface area contributed by atoms with Gasteiger partial charge in [-0.05, 0) is 80.4 Å². The molecule has 0 saturated heterocycles. The predicted octanol–water partition coefficient (Wildman–Crippen LogP) is 6.09. The summed E-state index contributed by atoms with van der Waals surface area (Å²) in [6.45, 7) is 17.8. The maximum Gasteiger partial charge on any atom is 0.186 e. The molecule has 3 heteroatoms. The molecule has 2 aromatic rings. The zero-order valence-electron chi connectivity index (χ0n) is 18.0. The Morgan fingerprint density at radius 1 is 1.00 bits per heavy atom. The summed E-state index contributed by atoms with van der Waals surface area (Å²) in [5.41, 5.74) is 5.72. The van der Waals surface area contributed by atoms with E-state index >= 15 is 0 Å². The molecule has 0 spiro atoms. The minimum absolute atomic E-state index is 0.0851. The first-order chi connectivity index (χ1) is 12.5. The fraction of sp³-hybridized carbons (Fsp3) is 0.458. The molecule has 146 valence electrons. The van der Waals surface area contributed by atoms with Gasteiger partial charge < -0.3 is 4.74 Å². The summed E-state index contributed by atoms with van der Waals surface area (Å²) >= 11 is 0. The molecule has 0 saturated carbocycles. The highest BCUT2D eigenvalue weighted by atomic mass is 31.1. The van der Waals surface area contributed by atoms with Gasteiger partial charge in [0.05, 0.1) is 6.61 Å². The Kier molecular flexibility index (Phi) is 6.87. The lowest BCUT2D eigenvalue weighted by atomic mass is 9.84. The number of ether oxygens (including phenoxy) is 1. The summed E-state index contributed by atoms with van der Waals surface area (Å²) < 4.78 is 5.79. The molecule has 0 fully saturated rings. The zero-order chi connectivity index (χ0) is 20.4. The summed E-state index contributed by atoms with van der Waals surface area (Å²) in [5.74, 6) is 1.37. The smallest absolute Gasteiger partial charge is 0.186 e. The van der Waals surface area contributed by atoms with Crippen LogP contribution in [0.15, 0.2) is 30.3 Å². The average Bonchev–Trinajstić information content (AvgIpc) is 2.53. The highest BCUT2D eigenvalue weighted by molar-refractivity contribution is 7.66. The van der Waals surface area contributed by atoms with E-state index in [1.807, 2.05) is 18.2 Å². The number of hydrogen-bond donors (Lipinski definition) is 0. The van der Waals surface area contributed by atoms with Gasteiger partial charge in [0.25, 0.3) is 0 Å².